The summed E-state index contributed by atoms with van der Waals surface area (Å²) in [6.45, 7) is 0. The summed E-state index contributed by atoms with van der Waals surface area (Å²) in [7, 11) is -3.17. The summed E-state index contributed by atoms with van der Waals surface area (Å²) in [6.07, 6.45) is 0. The molecule has 0 aliphatic heterocycles. The van der Waals surface area contributed by atoms with Crippen LogP contribution < -0.4 is 29.6 Å². The van der Waals surface area contributed by atoms with Crippen molar-refractivity contribution in [1.82, 2.24) is 0 Å². The van der Waals surface area contributed by atoms with Gasteiger partial charge in [-0.05, 0) is 12.1 Å². The quantitative estimate of drug-likeness (QED) is 0.544. The Labute approximate surface area is 92.8 Å². The second-order valence-electron chi connectivity index (χ2n) is 1.79. The molecule has 1 aromatic rings. The first-order valence-electron chi connectivity index (χ1n) is 2.63. The van der Waals surface area contributed by atoms with Crippen LogP contribution in [0.25, 0.3) is 0 Å². The van der Waals surface area contributed by atoms with Gasteiger partial charge in [-0.3, -0.25) is 0 Å². The molecule has 0 aliphatic carbocycles. The van der Waals surface area contributed by atoms with E-state index >= 15 is 0 Å². The van der Waals surface area contributed by atoms with Gasteiger partial charge in [-0.25, -0.2) is 4.21 Å². The van der Waals surface area contributed by atoms with Gasteiger partial charge in [0.1, 0.15) is 0 Å². The molecule has 1 aromatic carbocycles. The molecule has 1 atom stereocenters. The molecule has 0 heterocycles. The zero-order valence-corrected chi connectivity index (χ0v) is 9.69. The van der Waals surface area contributed by atoms with Gasteiger partial charge in [0.2, 0.25) is 0 Å². The summed E-state index contributed by atoms with van der Waals surface area (Å²) in [5.41, 5.74) is 0. The molecular weight excluding hydrogens is 191 g/mol. The molecule has 0 amide bonds. The van der Waals surface area contributed by atoms with Crippen molar-refractivity contribution in [1.29, 1.82) is 0 Å². The third-order valence-corrected chi connectivity index (χ3v) is 2.49. The summed E-state index contributed by atoms with van der Waals surface area (Å²) in [5.74, 6) is 0. The van der Waals surface area contributed by atoms with E-state index in [0.717, 1.165) is 0 Å². The Morgan fingerprint density at radius 2 is 1.73 bits per heavy atom. The van der Waals surface area contributed by atoms with Crippen LogP contribution in [0, 0.1) is 0 Å². The van der Waals surface area contributed by atoms with Gasteiger partial charge < -0.3 is 4.55 Å². The van der Waals surface area contributed by atoms with E-state index in [0.29, 0.717) is 4.90 Å². The summed E-state index contributed by atoms with van der Waals surface area (Å²) in [5, 5.41) is 0. The molecule has 0 spiro atoms. The Morgan fingerprint density at radius 3 is 2.00 bits per heavy atom. The summed E-state index contributed by atoms with van der Waals surface area (Å²) >= 11 is 4.33. The van der Waals surface area contributed by atoms with Crippen LogP contribution in [0.3, 0.4) is 0 Å². The van der Waals surface area contributed by atoms with Crippen molar-refractivity contribution in [2.75, 3.05) is 0 Å². The van der Waals surface area contributed by atoms with E-state index < -0.39 is 8.77 Å². The molecule has 0 aliphatic rings. The van der Waals surface area contributed by atoms with Gasteiger partial charge in [0.25, 0.3) is 0 Å². The van der Waals surface area contributed by atoms with E-state index in [9.17, 15) is 4.21 Å². The maximum atomic E-state index is 10.8. The maximum absolute atomic E-state index is 10.8. The molecule has 0 radical (unpaired) electrons. The predicted octanol–water partition coefficient (Wildman–Crippen LogP) is -1.73. The Morgan fingerprint density at radius 1 is 1.27 bits per heavy atom. The van der Waals surface area contributed by atoms with Crippen LogP contribution in [0.5, 0.6) is 0 Å². The number of hydrogen-bond acceptors (Lipinski definition) is 2. The van der Waals surface area contributed by atoms with Crippen LogP contribution in [0.1, 0.15) is 0 Å². The summed E-state index contributed by atoms with van der Waals surface area (Å²) in [4.78, 5) is 0.296. The first kappa shape index (κ1) is 11.6. The van der Waals surface area contributed by atoms with E-state index in [4.69, 9.17) is 4.55 Å². The first-order valence-corrected chi connectivity index (χ1v) is 5.07. The molecular formula is C6H6NaO2S2+. The molecule has 5 heteroatoms. The Balaban J connectivity index is 0.000001000. The second kappa shape index (κ2) is 4.54. The molecule has 0 fully saturated rings. The zero-order chi connectivity index (χ0) is 7.61. The van der Waals surface area contributed by atoms with Crippen molar-refractivity contribution in [2.24, 2.45) is 0 Å². The average Bonchev–Trinajstić information content (AvgIpc) is 1.88. The van der Waals surface area contributed by atoms with Crippen LogP contribution in [0.4, 0.5) is 0 Å². The first-order chi connectivity index (χ1) is 4.61. The van der Waals surface area contributed by atoms with Crippen molar-refractivity contribution < 1.29 is 38.3 Å². The molecule has 1 rings (SSSR count). The van der Waals surface area contributed by atoms with Crippen LogP contribution in [0.2, 0.25) is 0 Å². The molecule has 0 saturated heterocycles. The monoisotopic (exact) mass is 197 g/mol. The fourth-order valence-electron chi connectivity index (χ4n) is 0.592. The molecule has 1 unspecified atom stereocenters. The van der Waals surface area contributed by atoms with Crippen LogP contribution in [-0.4, -0.2) is 8.76 Å². The van der Waals surface area contributed by atoms with E-state index in [1.165, 1.54) is 12.1 Å². The third kappa shape index (κ3) is 3.64. The van der Waals surface area contributed by atoms with Gasteiger partial charge in [0.05, 0.1) is 4.90 Å². The third-order valence-electron chi connectivity index (χ3n) is 1.04. The molecule has 0 saturated carbocycles. The zero-order valence-electron chi connectivity index (χ0n) is 6.06. The Kier molecular flexibility index (Phi) is 4.77. The summed E-state index contributed by atoms with van der Waals surface area (Å²) < 4.78 is 19.6. The fourth-order valence-corrected chi connectivity index (χ4v) is 1.43. The normalized spacial score (nSPS) is 14.6. The van der Waals surface area contributed by atoms with Crippen molar-refractivity contribution in [3.63, 3.8) is 0 Å². The minimum atomic E-state index is -3.17. The van der Waals surface area contributed by atoms with E-state index in [-0.39, 0.29) is 29.6 Å². The van der Waals surface area contributed by atoms with Crippen LogP contribution in [-0.2, 0) is 20.0 Å². The van der Waals surface area contributed by atoms with Gasteiger partial charge in [0, 0.05) is 11.2 Å². The van der Waals surface area contributed by atoms with E-state index in [1.807, 2.05) is 0 Å². The standard InChI is InChI=1S/C6H6O2S2.Na/c7-10(8,9)6-4-2-1-3-5-6;/h1-5H,(H,7,8,9);/q;+1. The number of rotatable bonds is 1. The Hall–Kier alpha value is 0.550. The maximum Gasteiger partial charge on any atom is 1.00 e. The summed E-state index contributed by atoms with van der Waals surface area (Å²) in [6, 6.07) is 8.20. The molecule has 2 nitrogen and oxygen atoms in total. The van der Waals surface area contributed by atoms with Crippen LogP contribution in [0.15, 0.2) is 35.2 Å². The predicted molar refractivity (Wildman–Crippen MR) is 42.8 cm³/mol. The molecule has 0 aromatic heterocycles. The smallest absolute Gasteiger partial charge is 0.302 e. The van der Waals surface area contributed by atoms with Crippen molar-refractivity contribution >= 4 is 20.0 Å². The van der Waals surface area contributed by atoms with Gasteiger partial charge >= 0.3 is 29.6 Å². The Bertz CT molecular complexity index is 307. The largest absolute Gasteiger partial charge is 1.00 e. The van der Waals surface area contributed by atoms with Gasteiger partial charge in [-0.1, -0.05) is 18.2 Å². The average molecular weight is 197 g/mol. The minimum absolute atomic E-state index is 0. The fraction of sp³-hybridized carbons (Fsp3) is 0. The van der Waals surface area contributed by atoms with E-state index in [1.54, 1.807) is 18.2 Å². The van der Waals surface area contributed by atoms with Crippen molar-refractivity contribution in [3.05, 3.63) is 30.3 Å². The number of benzene rings is 1. The van der Waals surface area contributed by atoms with Gasteiger partial charge in [-0.2, -0.15) is 0 Å². The minimum Gasteiger partial charge on any atom is -0.302 e. The van der Waals surface area contributed by atoms with Gasteiger partial charge in [0.15, 0.2) is 8.77 Å². The molecule has 1 N–H and O–H groups in total. The van der Waals surface area contributed by atoms with Gasteiger partial charge in [-0.15, -0.1) is 0 Å². The molecule has 54 valence electrons. The van der Waals surface area contributed by atoms with Crippen molar-refractivity contribution in [3.8, 4) is 0 Å². The molecule has 0 bridgehead atoms. The number of hydrogen-bond donors (Lipinski definition) is 1. The topological polar surface area (TPSA) is 37.3 Å². The SMILES string of the molecule is O=S(O)(=S)c1ccccc1.[Na+]. The van der Waals surface area contributed by atoms with E-state index in [2.05, 4.69) is 11.2 Å². The molecule has 11 heavy (non-hydrogen) atoms. The second-order valence-corrected chi connectivity index (χ2v) is 4.57. The van der Waals surface area contributed by atoms with Crippen molar-refractivity contribution in [2.45, 2.75) is 4.90 Å². The van der Waals surface area contributed by atoms with Crippen LogP contribution >= 0.6 is 0 Å².